The number of piperazine rings is 1. The van der Waals surface area contributed by atoms with Crippen molar-refractivity contribution in [2.75, 3.05) is 46.4 Å². The summed E-state index contributed by atoms with van der Waals surface area (Å²) in [6.07, 6.45) is 0. The number of rotatable bonds is 5. The standard InChI is InChI=1S/C12H26N2O2/c1-11-9-13(10-12(2,3)15)5-6-14(11)7-8-16-4/h11,15H,5-10H2,1-4H3/t11-/m1/s1. The van der Waals surface area contributed by atoms with E-state index in [1.807, 2.05) is 13.8 Å². The lowest BCUT2D eigenvalue weighted by atomic mass is 10.1. The predicted octanol–water partition coefficient (Wildman–Crippen LogP) is 0.410. The zero-order chi connectivity index (χ0) is 12.2. The average Bonchev–Trinajstić information content (AvgIpc) is 2.14. The van der Waals surface area contributed by atoms with Crippen molar-refractivity contribution in [3.05, 3.63) is 0 Å². The number of β-amino-alcohol motifs (C(OH)–C–C–N with tert-alkyl or cyclic N) is 1. The first-order valence-electron chi connectivity index (χ1n) is 6.10. The highest BCUT2D eigenvalue weighted by Gasteiger charge is 2.26. The fourth-order valence-electron chi connectivity index (χ4n) is 2.30. The van der Waals surface area contributed by atoms with Crippen molar-refractivity contribution in [1.29, 1.82) is 0 Å². The molecule has 0 bridgehead atoms. The zero-order valence-corrected chi connectivity index (χ0v) is 11.1. The maximum Gasteiger partial charge on any atom is 0.0718 e. The zero-order valence-electron chi connectivity index (χ0n) is 11.1. The molecular weight excluding hydrogens is 204 g/mol. The van der Waals surface area contributed by atoms with Gasteiger partial charge in [0.1, 0.15) is 0 Å². The summed E-state index contributed by atoms with van der Waals surface area (Å²) in [5.41, 5.74) is -0.589. The lowest BCUT2D eigenvalue weighted by Crippen LogP contribution is -2.55. The van der Waals surface area contributed by atoms with E-state index in [2.05, 4.69) is 16.7 Å². The maximum absolute atomic E-state index is 9.79. The van der Waals surface area contributed by atoms with Gasteiger partial charge in [0, 0.05) is 45.9 Å². The van der Waals surface area contributed by atoms with Crippen LogP contribution in [-0.4, -0.2) is 73.0 Å². The van der Waals surface area contributed by atoms with E-state index in [0.29, 0.717) is 6.04 Å². The monoisotopic (exact) mass is 230 g/mol. The molecule has 0 aromatic carbocycles. The van der Waals surface area contributed by atoms with Gasteiger partial charge < -0.3 is 9.84 Å². The number of nitrogens with zero attached hydrogens (tertiary/aromatic N) is 2. The lowest BCUT2D eigenvalue weighted by molar-refractivity contribution is -0.00100. The molecule has 1 rings (SSSR count). The fourth-order valence-corrected chi connectivity index (χ4v) is 2.30. The molecule has 0 unspecified atom stereocenters. The Hall–Kier alpha value is -0.160. The van der Waals surface area contributed by atoms with Gasteiger partial charge in [-0.25, -0.2) is 0 Å². The van der Waals surface area contributed by atoms with Crippen molar-refractivity contribution in [3.63, 3.8) is 0 Å². The summed E-state index contributed by atoms with van der Waals surface area (Å²) in [5, 5.41) is 9.79. The third-order valence-corrected chi connectivity index (χ3v) is 3.04. The van der Waals surface area contributed by atoms with Crippen molar-refractivity contribution < 1.29 is 9.84 Å². The fraction of sp³-hybridized carbons (Fsp3) is 1.00. The number of hydrogen-bond donors (Lipinski definition) is 1. The molecule has 1 heterocycles. The van der Waals surface area contributed by atoms with E-state index in [9.17, 15) is 5.11 Å². The number of aliphatic hydroxyl groups is 1. The Bertz CT molecular complexity index is 204. The molecule has 4 nitrogen and oxygen atoms in total. The molecule has 1 N–H and O–H groups in total. The van der Waals surface area contributed by atoms with Crippen LogP contribution in [0.5, 0.6) is 0 Å². The molecule has 1 saturated heterocycles. The van der Waals surface area contributed by atoms with Crippen LogP contribution in [0.4, 0.5) is 0 Å². The topological polar surface area (TPSA) is 35.9 Å². The van der Waals surface area contributed by atoms with Crippen LogP contribution in [0.2, 0.25) is 0 Å². The van der Waals surface area contributed by atoms with Gasteiger partial charge in [0.15, 0.2) is 0 Å². The van der Waals surface area contributed by atoms with E-state index in [0.717, 1.165) is 39.3 Å². The normalized spacial score (nSPS) is 24.9. The Morgan fingerprint density at radius 3 is 2.56 bits per heavy atom. The summed E-state index contributed by atoms with van der Waals surface area (Å²) in [5.74, 6) is 0. The molecule has 1 fully saturated rings. The number of hydrogen-bond acceptors (Lipinski definition) is 4. The third-order valence-electron chi connectivity index (χ3n) is 3.04. The summed E-state index contributed by atoms with van der Waals surface area (Å²) in [7, 11) is 1.75. The Labute approximate surface area is 99.2 Å². The highest BCUT2D eigenvalue weighted by molar-refractivity contribution is 4.82. The van der Waals surface area contributed by atoms with E-state index in [1.54, 1.807) is 7.11 Å². The van der Waals surface area contributed by atoms with Gasteiger partial charge in [-0.05, 0) is 20.8 Å². The van der Waals surface area contributed by atoms with Crippen molar-refractivity contribution in [3.8, 4) is 0 Å². The molecule has 1 aliphatic heterocycles. The molecule has 0 aromatic rings. The minimum atomic E-state index is -0.589. The highest BCUT2D eigenvalue weighted by Crippen LogP contribution is 2.12. The molecule has 0 aliphatic carbocycles. The Kier molecular flexibility index (Phi) is 5.18. The van der Waals surface area contributed by atoms with Crippen LogP contribution in [0.1, 0.15) is 20.8 Å². The van der Waals surface area contributed by atoms with Gasteiger partial charge in [0.05, 0.1) is 12.2 Å². The quantitative estimate of drug-likeness (QED) is 0.742. The molecule has 0 radical (unpaired) electrons. The first-order chi connectivity index (χ1) is 7.42. The second kappa shape index (κ2) is 5.96. The van der Waals surface area contributed by atoms with Crippen LogP contribution in [0.25, 0.3) is 0 Å². The minimum absolute atomic E-state index is 0.547. The Balaban J connectivity index is 2.33. The Morgan fingerprint density at radius 2 is 2.06 bits per heavy atom. The van der Waals surface area contributed by atoms with Gasteiger partial charge in [0.2, 0.25) is 0 Å². The second-order valence-electron chi connectivity index (χ2n) is 5.43. The molecule has 16 heavy (non-hydrogen) atoms. The van der Waals surface area contributed by atoms with Gasteiger partial charge >= 0.3 is 0 Å². The van der Waals surface area contributed by atoms with E-state index in [1.165, 1.54) is 0 Å². The van der Waals surface area contributed by atoms with Gasteiger partial charge in [-0.1, -0.05) is 0 Å². The van der Waals surface area contributed by atoms with Crippen LogP contribution < -0.4 is 0 Å². The Morgan fingerprint density at radius 1 is 1.38 bits per heavy atom. The van der Waals surface area contributed by atoms with Crippen molar-refractivity contribution in [2.24, 2.45) is 0 Å². The highest BCUT2D eigenvalue weighted by atomic mass is 16.5. The number of ether oxygens (including phenoxy) is 1. The average molecular weight is 230 g/mol. The summed E-state index contributed by atoms with van der Waals surface area (Å²) in [6.45, 7) is 11.7. The summed E-state index contributed by atoms with van der Waals surface area (Å²) in [6, 6.07) is 0.547. The lowest BCUT2D eigenvalue weighted by Gasteiger charge is -2.41. The summed E-state index contributed by atoms with van der Waals surface area (Å²) in [4.78, 5) is 4.79. The molecule has 0 spiro atoms. The summed E-state index contributed by atoms with van der Waals surface area (Å²) < 4.78 is 5.11. The summed E-state index contributed by atoms with van der Waals surface area (Å²) >= 11 is 0. The molecule has 0 amide bonds. The SMILES string of the molecule is COCCN1CCN(CC(C)(C)O)C[C@H]1C. The molecule has 0 saturated carbocycles. The largest absolute Gasteiger partial charge is 0.389 e. The third kappa shape index (κ3) is 4.78. The molecule has 4 heteroatoms. The van der Waals surface area contributed by atoms with E-state index >= 15 is 0 Å². The molecule has 0 aromatic heterocycles. The molecule has 1 atom stereocenters. The minimum Gasteiger partial charge on any atom is -0.389 e. The van der Waals surface area contributed by atoms with Gasteiger partial charge in [0.25, 0.3) is 0 Å². The molecule has 1 aliphatic rings. The van der Waals surface area contributed by atoms with Crippen LogP contribution in [0, 0.1) is 0 Å². The van der Waals surface area contributed by atoms with E-state index in [-0.39, 0.29) is 0 Å². The first kappa shape index (κ1) is 13.9. The maximum atomic E-state index is 9.79. The van der Waals surface area contributed by atoms with Crippen molar-refractivity contribution >= 4 is 0 Å². The molecule has 96 valence electrons. The van der Waals surface area contributed by atoms with Gasteiger partial charge in [-0.2, -0.15) is 0 Å². The van der Waals surface area contributed by atoms with Crippen LogP contribution in [-0.2, 0) is 4.74 Å². The van der Waals surface area contributed by atoms with Crippen LogP contribution >= 0.6 is 0 Å². The number of methoxy groups -OCH3 is 1. The van der Waals surface area contributed by atoms with Crippen molar-refractivity contribution in [1.82, 2.24) is 9.80 Å². The molecular formula is C12H26N2O2. The predicted molar refractivity (Wildman–Crippen MR) is 65.6 cm³/mol. The van der Waals surface area contributed by atoms with Crippen LogP contribution in [0.15, 0.2) is 0 Å². The van der Waals surface area contributed by atoms with Crippen LogP contribution in [0.3, 0.4) is 0 Å². The van der Waals surface area contributed by atoms with E-state index < -0.39 is 5.60 Å². The smallest absolute Gasteiger partial charge is 0.0718 e. The second-order valence-corrected chi connectivity index (χ2v) is 5.43. The van der Waals surface area contributed by atoms with Gasteiger partial charge in [-0.3, -0.25) is 9.80 Å². The van der Waals surface area contributed by atoms with E-state index in [4.69, 9.17) is 4.74 Å². The van der Waals surface area contributed by atoms with Gasteiger partial charge in [-0.15, -0.1) is 0 Å². The van der Waals surface area contributed by atoms with Crippen molar-refractivity contribution in [2.45, 2.75) is 32.4 Å². The first-order valence-corrected chi connectivity index (χ1v) is 6.10.